The zero-order valence-electron chi connectivity index (χ0n) is 24.2. The van der Waals surface area contributed by atoms with E-state index in [-0.39, 0.29) is 11.1 Å². The summed E-state index contributed by atoms with van der Waals surface area (Å²) in [5.74, 6) is 0.382. The van der Waals surface area contributed by atoms with Crippen LogP contribution in [-0.2, 0) is 19.3 Å². The van der Waals surface area contributed by atoms with E-state index in [9.17, 15) is 13.2 Å². The minimum Gasteiger partial charge on any atom is -0.399 e. The highest BCUT2D eigenvalue weighted by Gasteiger charge is 2.51. The van der Waals surface area contributed by atoms with Gasteiger partial charge in [0, 0.05) is 10.6 Å². The molecule has 0 aliphatic carbocycles. The minimum atomic E-state index is -3.49. The summed E-state index contributed by atoms with van der Waals surface area (Å²) in [4.78, 5) is 23.4. The number of fused-ring (bicyclic) bond motifs is 1. The first-order valence-electron chi connectivity index (χ1n) is 13.5. The zero-order valence-corrected chi connectivity index (χ0v) is 25.8. The number of aromatic nitrogens is 4. The predicted molar refractivity (Wildman–Crippen MR) is 169 cm³/mol. The molecule has 43 heavy (non-hydrogen) atoms. The van der Waals surface area contributed by atoms with E-state index in [1.54, 1.807) is 53.1 Å². The number of halogens is 1. The Bertz CT molecular complexity index is 2010. The fourth-order valence-corrected chi connectivity index (χ4v) is 5.55. The number of nitrogens with zero attached hydrogens (tertiary/aromatic N) is 4. The molecule has 6 rings (SSSR count). The first kappa shape index (κ1) is 29.1. The molecular weight excluding hydrogens is 589 g/mol. The summed E-state index contributed by atoms with van der Waals surface area (Å²) in [6.07, 6.45) is 2.58. The lowest BCUT2D eigenvalue weighted by Crippen LogP contribution is -2.41. The maximum absolute atomic E-state index is 14.0. The van der Waals surface area contributed by atoms with Gasteiger partial charge >= 0.3 is 7.12 Å². The SMILES string of the molecule is CC1(C)OB(c2ccc(-c3nc4c(ncn4-c4cccc(NS(C)(=O)=O)c4)c(=O)n3-c3ccc(Cl)cc3)cc2)OC1(C)C. The quantitative estimate of drug-likeness (QED) is 0.278. The molecule has 1 saturated heterocycles. The number of hydrogen-bond acceptors (Lipinski definition) is 7. The lowest BCUT2D eigenvalue weighted by Gasteiger charge is -2.32. The van der Waals surface area contributed by atoms with Gasteiger partial charge in [0.15, 0.2) is 11.2 Å². The standard InChI is InChI=1S/C30H29BClN5O5S/c1-29(2)30(3,4)42-31(41-29)20-11-9-19(10-12-20)26-34-27-25(28(38)37(26)23-15-13-21(32)14-16-23)33-18-36(27)24-8-6-7-22(17-24)35-43(5,39)40/h6-18,35H,1-5H3. The van der Waals surface area contributed by atoms with Crippen LogP contribution in [-0.4, -0.2) is 52.1 Å². The largest absolute Gasteiger partial charge is 0.494 e. The second kappa shape index (κ2) is 10.3. The molecule has 0 amide bonds. The molecule has 3 heterocycles. The van der Waals surface area contributed by atoms with E-state index in [1.807, 2.05) is 52.0 Å². The molecule has 3 aromatic carbocycles. The van der Waals surface area contributed by atoms with Gasteiger partial charge in [0.2, 0.25) is 10.0 Å². The van der Waals surface area contributed by atoms with Gasteiger partial charge in [-0.2, -0.15) is 0 Å². The van der Waals surface area contributed by atoms with Crippen LogP contribution in [0.15, 0.2) is 83.9 Å². The first-order valence-corrected chi connectivity index (χ1v) is 15.8. The Morgan fingerprint density at radius 3 is 2.19 bits per heavy atom. The van der Waals surface area contributed by atoms with Crippen molar-refractivity contribution in [3.63, 3.8) is 0 Å². The van der Waals surface area contributed by atoms with Crippen molar-refractivity contribution in [2.75, 3.05) is 11.0 Å². The molecule has 1 aliphatic rings. The second-order valence-electron chi connectivity index (χ2n) is 11.5. The van der Waals surface area contributed by atoms with Crippen LogP contribution in [0, 0.1) is 0 Å². The highest BCUT2D eigenvalue weighted by atomic mass is 35.5. The van der Waals surface area contributed by atoms with Gasteiger partial charge in [-0.1, -0.05) is 41.9 Å². The van der Waals surface area contributed by atoms with Gasteiger partial charge in [0.25, 0.3) is 5.56 Å². The number of sulfonamides is 1. The molecule has 1 N–H and O–H groups in total. The number of rotatable bonds is 6. The van der Waals surface area contributed by atoms with E-state index in [4.69, 9.17) is 25.9 Å². The fourth-order valence-electron chi connectivity index (χ4n) is 4.87. The molecule has 220 valence electrons. The molecule has 13 heteroatoms. The molecule has 1 fully saturated rings. The normalized spacial score (nSPS) is 16.1. The Labute approximate surface area is 254 Å². The second-order valence-corrected chi connectivity index (χ2v) is 13.7. The third-order valence-corrected chi connectivity index (χ3v) is 8.64. The number of imidazole rings is 1. The Hall–Kier alpha value is -3.97. The lowest BCUT2D eigenvalue weighted by molar-refractivity contribution is 0.00578. The molecule has 5 aromatic rings. The smallest absolute Gasteiger partial charge is 0.399 e. The average molecular weight is 618 g/mol. The highest BCUT2D eigenvalue weighted by molar-refractivity contribution is 7.92. The van der Waals surface area contributed by atoms with Crippen molar-refractivity contribution in [3.8, 4) is 22.8 Å². The summed E-state index contributed by atoms with van der Waals surface area (Å²) in [7, 11) is -4.03. The third-order valence-electron chi connectivity index (χ3n) is 7.78. The van der Waals surface area contributed by atoms with Crippen LogP contribution in [0.1, 0.15) is 27.7 Å². The zero-order chi connectivity index (χ0) is 30.7. The van der Waals surface area contributed by atoms with Crippen molar-refractivity contribution >= 4 is 51.1 Å². The van der Waals surface area contributed by atoms with Crippen LogP contribution in [0.4, 0.5) is 5.69 Å². The molecule has 0 spiro atoms. The summed E-state index contributed by atoms with van der Waals surface area (Å²) in [6, 6.07) is 21.2. The van der Waals surface area contributed by atoms with Gasteiger partial charge in [-0.3, -0.25) is 18.7 Å². The molecule has 2 aromatic heterocycles. The number of anilines is 1. The van der Waals surface area contributed by atoms with Crippen molar-refractivity contribution < 1.29 is 17.7 Å². The summed E-state index contributed by atoms with van der Waals surface area (Å²) >= 11 is 6.15. The molecular formula is C30H29BClN5O5S. The van der Waals surface area contributed by atoms with Crippen LogP contribution in [0.3, 0.4) is 0 Å². The summed E-state index contributed by atoms with van der Waals surface area (Å²) < 4.78 is 41.7. The fraction of sp³-hybridized carbons (Fsp3) is 0.233. The highest BCUT2D eigenvalue weighted by Crippen LogP contribution is 2.36. The van der Waals surface area contributed by atoms with Gasteiger partial charge in [-0.15, -0.1) is 0 Å². The summed E-state index contributed by atoms with van der Waals surface area (Å²) in [5, 5.41) is 0.533. The molecule has 0 bridgehead atoms. The summed E-state index contributed by atoms with van der Waals surface area (Å²) in [6.45, 7) is 8.01. The van der Waals surface area contributed by atoms with Crippen LogP contribution in [0.25, 0.3) is 33.9 Å². The molecule has 1 aliphatic heterocycles. The Morgan fingerprint density at radius 2 is 1.56 bits per heavy atom. The van der Waals surface area contributed by atoms with Crippen LogP contribution < -0.4 is 15.7 Å². The van der Waals surface area contributed by atoms with Crippen molar-refractivity contribution in [2.45, 2.75) is 38.9 Å². The minimum absolute atomic E-state index is 0.147. The van der Waals surface area contributed by atoms with Gasteiger partial charge < -0.3 is 9.31 Å². The van der Waals surface area contributed by atoms with E-state index >= 15 is 0 Å². The lowest BCUT2D eigenvalue weighted by atomic mass is 9.79. The number of benzene rings is 3. The van der Waals surface area contributed by atoms with Crippen molar-refractivity contribution in [1.82, 2.24) is 19.1 Å². The Kier molecular flexibility index (Phi) is 7.00. The molecule has 0 unspecified atom stereocenters. The third kappa shape index (κ3) is 5.47. The first-order chi connectivity index (χ1) is 20.2. The van der Waals surface area contributed by atoms with Gasteiger partial charge in [-0.05, 0) is 75.6 Å². The van der Waals surface area contributed by atoms with Crippen LogP contribution >= 0.6 is 11.6 Å². The molecule has 0 atom stereocenters. The van der Waals surface area contributed by atoms with Crippen molar-refractivity contribution in [3.05, 3.63) is 94.5 Å². The molecule has 10 nitrogen and oxygen atoms in total. The Balaban J connectivity index is 1.50. The van der Waals surface area contributed by atoms with Crippen molar-refractivity contribution in [2.24, 2.45) is 0 Å². The maximum Gasteiger partial charge on any atom is 0.494 e. The van der Waals surface area contributed by atoms with E-state index < -0.39 is 28.3 Å². The number of hydrogen-bond donors (Lipinski definition) is 1. The molecule has 0 saturated carbocycles. The molecule has 0 radical (unpaired) electrons. The van der Waals surface area contributed by atoms with Gasteiger partial charge in [0.05, 0.1) is 34.5 Å². The van der Waals surface area contributed by atoms with E-state index in [2.05, 4.69) is 9.71 Å². The van der Waals surface area contributed by atoms with Crippen molar-refractivity contribution in [1.29, 1.82) is 0 Å². The predicted octanol–water partition coefficient (Wildman–Crippen LogP) is 4.56. The van der Waals surface area contributed by atoms with E-state index in [0.717, 1.165) is 11.7 Å². The summed E-state index contributed by atoms with van der Waals surface area (Å²) in [5.41, 5.74) is 2.16. The van der Waals surface area contributed by atoms with E-state index in [1.165, 1.54) is 10.9 Å². The van der Waals surface area contributed by atoms with Crippen LogP contribution in [0.5, 0.6) is 0 Å². The van der Waals surface area contributed by atoms with Gasteiger partial charge in [-0.25, -0.2) is 18.4 Å². The topological polar surface area (TPSA) is 117 Å². The van der Waals surface area contributed by atoms with Crippen LogP contribution in [0.2, 0.25) is 5.02 Å². The van der Waals surface area contributed by atoms with E-state index in [0.29, 0.717) is 39.1 Å². The number of nitrogens with one attached hydrogen (secondary N) is 1. The average Bonchev–Trinajstić information content (AvgIpc) is 3.46. The maximum atomic E-state index is 14.0. The van der Waals surface area contributed by atoms with Gasteiger partial charge in [0.1, 0.15) is 12.2 Å². The monoisotopic (exact) mass is 617 g/mol. The Morgan fingerprint density at radius 1 is 0.907 bits per heavy atom.